The summed E-state index contributed by atoms with van der Waals surface area (Å²) in [4.78, 5) is 11.2. The molecule has 6 nitrogen and oxygen atoms in total. The fourth-order valence-corrected chi connectivity index (χ4v) is 1.94. The second kappa shape index (κ2) is 3.76. The second-order valence-electron chi connectivity index (χ2n) is 3.95. The first-order chi connectivity index (χ1) is 8.66. The van der Waals surface area contributed by atoms with Crippen molar-refractivity contribution in [3.05, 3.63) is 29.5 Å². The first kappa shape index (κ1) is 10.6. The number of carbonyl (C=O) groups is 1. The number of hydrogen-bond donors (Lipinski definition) is 2. The van der Waals surface area contributed by atoms with Crippen molar-refractivity contribution in [2.24, 2.45) is 0 Å². The minimum Gasteiger partial charge on any atom is -0.478 e. The number of H-pyrrole nitrogens is 1. The molecule has 0 saturated carbocycles. The van der Waals surface area contributed by atoms with E-state index in [1.165, 1.54) is 0 Å². The van der Waals surface area contributed by atoms with E-state index in [9.17, 15) is 9.90 Å². The third-order valence-electron chi connectivity index (χ3n) is 2.81. The van der Waals surface area contributed by atoms with Crippen LogP contribution < -0.4 is 9.47 Å². The van der Waals surface area contributed by atoms with Crippen LogP contribution in [0.1, 0.15) is 16.1 Å². The molecular formula is C12H10N2O4. The molecule has 0 amide bonds. The summed E-state index contributed by atoms with van der Waals surface area (Å²) in [5, 5.41) is 15.9. The highest BCUT2D eigenvalue weighted by molar-refractivity contribution is 5.96. The number of rotatable bonds is 2. The minimum atomic E-state index is -1.01. The molecular weight excluding hydrogens is 236 g/mol. The molecule has 6 heteroatoms. The van der Waals surface area contributed by atoms with E-state index >= 15 is 0 Å². The zero-order valence-corrected chi connectivity index (χ0v) is 9.56. The lowest BCUT2D eigenvalue weighted by molar-refractivity contribution is 0.0697. The molecule has 1 aromatic carbocycles. The highest BCUT2D eigenvalue weighted by Crippen LogP contribution is 2.36. The van der Waals surface area contributed by atoms with Gasteiger partial charge in [0.05, 0.1) is 0 Å². The predicted molar refractivity (Wildman–Crippen MR) is 61.8 cm³/mol. The molecule has 18 heavy (non-hydrogen) atoms. The number of fused-ring (bicyclic) bond motifs is 1. The van der Waals surface area contributed by atoms with Crippen molar-refractivity contribution < 1.29 is 19.4 Å². The molecule has 0 fully saturated rings. The van der Waals surface area contributed by atoms with Gasteiger partial charge in [-0.05, 0) is 25.1 Å². The number of hydrogen-bond acceptors (Lipinski definition) is 4. The lowest BCUT2D eigenvalue weighted by atomic mass is 10.1. The monoisotopic (exact) mass is 246 g/mol. The number of aryl methyl sites for hydroxylation is 1. The Labute approximate surface area is 102 Å². The fraction of sp³-hybridized carbons (Fsp3) is 0.167. The van der Waals surface area contributed by atoms with E-state index in [1.54, 1.807) is 25.1 Å². The maximum atomic E-state index is 11.2. The van der Waals surface area contributed by atoms with Gasteiger partial charge < -0.3 is 14.6 Å². The second-order valence-corrected chi connectivity index (χ2v) is 3.95. The smallest absolute Gasteiger partial charge is 0.339 e. The van der Waals surface area contributed by atoms with E-state index in [1.807, 2.05) is 0 Å². The number of aromatic carboxylic acids is 1. The number of benzene rings is 1. The molecule has 1 aromatic heterocycles. The maximum absolute atomic E-state index is 11.2. The Morgan fingerprint density at radius 2 is 2.17 bits per heavy atom. The number of ether oxygens (including phenoxy) is 2. The van der Waals surface area contributed by atoms with Crippen LogP contribution in [-0.2, 0) is 0 Å². The van der Waals surface area contributed by atoms with Crippen LogP contribution in [0.4, 0.5) is 0 Å². The zero-order valence-electron chi connectivity index (χ0n) is 9.56. The molecule has 0 atom stereocenters. The lowest BCUT2D eigenvalue weighted by Crippen LogP contribution is -1.99. The highest BCUT2D eigenvalue weighted by atomic mass is 16.7. The largest absolute Gasteiger partial charge is 0.478 e. The third-order valence-corrected chi connectivity index (χ3v) is 2.81. The van der Waals surface area contributed by atoms with Gasteiger partial charge in [0, 0.05) is 11.3 Å². The van der Waals surface area contributed by atoms with Crippen molar-refractivity contribution in [1.29, 1.82) is 0 Å². The first-order valence-corrected chi connectivity index (χ1v) is 5.35. The van der Waals surface area contributed by atoms with Crippen molar-refractivity contribution in [3.8, 4) is 22.8 Å². The van der Waals surface area contributed by atoms with Crippen LogP contribution in [0, 0.1) is 6.92 Å². The summed E-state index contributed by atoms with van der Waals surface area (Å²) in [5.41, 5.74) is 1.78. The number of aromatic amines is 1. The van der Waals surface area contributed by atoms with Gasteiger partial charge in [-0.2, -0.15) is 5.10 Å². The van der Waals surface area contributed by atoms with Crippen molar-refractivity contribution in [3.63, 3.8) is 0 Å². The summed E-state index contributed by atoms with van der Waals surface area (Å²) in [6.07, 6.45) is 0. The summed E-state index contributed by atoms with van der Waals surface area (Å²) in [5.74, 6) is 0.251. The molecule has 2 N–H and O–H groups in total. The van der Waals surface area contributed by atoms with Gasteiger partial charge >= 0.3 is 5.97 Å². The van der Waals surface area contributed by atoms with E-state index in [2.05, 4.69) is 10.2 Å². The summed E-state index contributed by atoms with van der Waals surface area (Å²) in [6.45, 7) is 1.86. The van der Waals surface area contributed by atoms with Crippen LogP contribution in [-0.4, -0.2) is 28.1 Å². The van der Waals surface area contributed by atoms with Gasteiger partial charge in [-0.1, -0.05) is 0 Å². The van der Waals surface area contributed by atoms with Gasteiger partial charge in [0.2, 0.25) is 6.79 Å². The van der Waals surface area contributed by atoms with Crippen LogP contribution in [0.15, 0.2) is 18.2 Å². The summed E-state index contributed by atoms with van der Waals surface area (Å²) < 4.78 is 10.5. The number of nitrogens with one attached hydrogen (secondary N) is 1. The minimum absolute atomic E-state index is 0.175. The Bertz CT molecular complexity index is 633. The van der Waals surface area contributed by atoms with Gasteiger partial charge in [0.25, 0.3) is 0 Å². The molecule has 2 heterocycles. The van der Waals surface area contributed by atoms with Crippen molar-refractivity contribution >= 4 is 5.97 Å². The number of aromatic nitrogens is 2. The molecule has 0 radical (unpaired) electrons. The van der Waals surface area contributed by atoms with E-state index in [0.29, 0.717) is 28.5 Å². The van der Waals surface area contributed by atoms with E-state index in [-0.39, 0.29) is 12.4 Å². The third kappa shape index (κ3) is 1.50. The van der Waals surface area contributed by atoms with Crippen LogP contribution in [0.3, 0.4) is 0 Å². The van der Waals surface area contributed by atoms with Crippen LogP contribution >= 0.6 is 0 Å². The Morgan fingerprint density at radius 1 is 1.39 bits per heavy atom. The average molecular weight is 246 g/mol. The standard InChI is InChI=1S/C12H10N2O4/c1-6-10(12(15)16)11(14-13-6)7-2-3-8-9(4-7)18-5-17-8/h2-4H,5H2,1H3,(H,13,14)(H,15,16). The average Bonchev–Trinajstić information content (AvgIpc) is 2.93. The molecule has 1 aliphatic rings. The molecule has 0 spiro atoms. The van der Waals surface area contributed by atoms with Gasteiger partial charge in [-0.15, -0.1) is 0 Å². The summed E-state index contributed by atoms with van der Waals surface area (Å²) >= 11 is 0. The fourth-order valence-electron chi connectivity index (χ4n) is 1.94. The maximum Gasteiger partial charge on any atom is 0.339 e. The number of carboxylic acids is 1. The molecule has 1 aliphatic heterocycles. The Morgan fingerprint density at radius 3 is 2.94 bits per heavy atom. The molecule has 0 aliphatic carbocycles. The predicted octanol–water partition coefficient (Wildman–Crippen LogP) is 1.81. The molecule has 3 rings (SSSR count). The molecule has 92 valence electrons. The van der Waals surface area contributed by atoms with E-state index in [0.717, 1.165) is 0 Å². The number of carboxylic acid groups (broad SMARTS) is 1. The highest BCUT2D eigenvalue weighted by Gasteiger charge is 2.21. The van der Waals surface area contributed by atoms with Gasteiger partial charge in [-0.3, -0.25) is 5.10 Å². The van der Waals surface area contributed by atoms with Crippen molar-refractivity contribution in [2.75, 3.05) is 6.79 Å². The molecule has 2 aromatic rings. The van der Waals surface area contributed by atoms with E-state index < -0.39 is 5.97 Å². The summed E-state index contributed by atoms with van der Waals surface area (Å²) in [6, 6.07) is 5.23. The zero-order chi connectivity index (χ0) is 12.7. The first-order valence-electron chi connectivity index (χ1n) is 5.35. The Hall–Kier alpha value is -2.50. The Balaban J connectivity index is 2.13. The van der Waals surface area contributed by atoms with Crippen molar-refractivity contribution in [2.45, 2.75) is 6.92 Å². The quantitative estimate of drug-likeness (QED) is 0.844. The van der Waals surface area contributed by atoms with Crippen LogP contribution in [0.5, 0.6) is 11.5 Å². The summed E-state index contributed by atoms with van der Waals surface area (Å²) in [7, 11) is 0. The Kier molecular flexibility index (Phi) is 2.22. The van der Waals surface area contributed by atoms with Gasteiger partial charge in [-0.25, -0.2) is 4.79 Å². The molecule has 0 unspecified atom stereocenters. The normalized spacial score (nSPS) is 12.7. The SMILES string of the molecule is Cc1[nH]nc(-c2ccc3c(c2)OCO3)c1C(=O)O. The lowest BCUT2D eigenvalue weighted by Gasteiger charge is -2.01. The van der Waals surface area contributed by atoms with Crippen LogP contribution in [0.25, 0.3) is 11.3 Å². The van der Waals surface area contributed by atoms with Gasteiger partial charge in [0.15, 0.2) is 11.5 Å². The van der Waals surface area contributed by atoms with Crippen molar-refractivity contribution in [1.82, 2.24) is 10.2 Å². The van der Waals surface area contributed by atoms with E-state index in [4.69, 9.17) is 9.47 Å². The number of nitrogens with zero attached hydrogens (tertiary/aromatic N) is 1. The van der Waals surface area contributed by atoms with Crippen LogP contribution in [0.2, 0.25) is 0 Å². The topological polar surface area (TPSA) is 84.4 Å². The molecule has 0 bridgehead atoms. The van der Waals surface area contributed by atoms with Gasteiger partial charge in [0.1, 0.15) is 11.3 Å². The molecule has 0 saturated heterocycles.